The molecule has 1 aliphatic rings. The number of carbonyl (C=O) groups excluding carboxylic acids is 1. The van der Waals surface area contributed by atoms with Gasteiger partial charge in [0.1, 0.15) is 27.6 Å². The number of piperidine rings is 1. The van der Waals surface area contributed by atoms with Crippen molar-refractivity contribution in [3.63, 3.8) is 0 Å². The van der Waals surface area contributed by atoms with Gasteiger partial charge in [-0.05, 0) is 63.4 Å². The highest BCUT2D eigenvalue weighted by atomic mass is 32.1. The highest BCUT2D eigenvalue weighted by molar-refractivity contribution is 7.21. The van der Waals surface area contributed by atoms with Crippen molar-refractivity contribution < 1.29 is 14.6 Å². The summed E-state index contributed by atoms with van der Waals surface area (Å²) in [5.41, 5.74) is 1.08. The van der Waals surface area contributed by atoms with E-state index < -0.39 is 5.60 Å². The van der Waals surface area contributed by atoms with Crippen LogP contribution in [0.1, 0.15) is 39.2 Å². The maximum absolute atomic E-state index is 12.3. The molecule has 0 bridgehead atoms. The van der Waals surface area contributed by atoms with Gasteiger partial charge >= 0.3 is 6.09 Å². The van der Waals surface area contributed by atoms with Crippen molar-refractivity contribution in [2.24, 2.45) is 0 Å². The van der Waals surface area contributed by atoms with Gasteiger partial charge < -0.3 is 25.4 Å². The van der Waals surface area contributed by atoms with E-state index in [-0.39, 0.29) is 18.7 Å². The zero-order chi connectivity index (χ0) is 22.7. The quantitative estimate of drug-likeness (QED) is 0.525. The zero-order valence-electron chi connectivity index (χ0n) is 18.5. The first kappa shape index (κ1) is 22.2. The molecule has 0 aliphatic carbocycles. The molecule has 0 atom stereocenters. The number of nitrogens with zero attached hydrogens (tertiary/aromatic N) is 4. The Balaban J connectivity index is 1.40. The Morgan fingerprint density at radius 3 is 2.69 bits per heavy atom. The van der Waals surface area contributed by atoms with Crippen LogP contribution >= 0.6 is 11.3 Å². The lowest BCUT2D eigenvalue weighted by Gasteiger charge is -2.34. The monoisotopic (exact) mass is 456 g/mol. The molecule has 9 nitrogen and oxygen atoms in total. The van der Waals surface area contributed by atoms with Crippen molar-refractivity contribution in [1.29, 1.82) is 0 Å². The second kappa shape index (κ2) is 9.25. The van der Waals surface area contributed by atoms with E-state index in [9.17, 15) is 9.90 Å². The molecule has 0 radical (unpaired) electrons. The number of anilines is 3. The highest BCUT2D eigenvalue weighted by Gasteiger charge is 2.27. The van der Waals surface area contributed by atoms with Gasteiger partial charge in [-0.15, -0.1) is 0 Å². The number of thiazole rings is 1. The average Bonchev–Trinajstić information content (AvgIpc) is 3.15. The summed E-state index contributed by atoms with van der Waals surface area (Å²) in [6, 6.07) is 7.58. The lowest BCUT2D eigenvalue weighted by atomic mass is 10.1. The SMILES string of the molecule is CC(C)(C)OC(=O)N1CCC(Nc2cc(CO)cc(Nc3nc4cccnc4s3)n2)CC1. The number of hydrogen-bond acceptors (Lipinski definition) is 9. The van der Waals surface area contributed by atoms with E-state index in [0.717, 1.165) is 28.8 Å². The topological polar surface area (TPSA) is 112 Å². The minimum atomic E-state index is -0.496. The standard InChI is InChI=1S/C22H28N6O3S/c1-22(2,3)31-21(30)28-9-6-15(7-10-28)24-17-11-14(13-29)12-18(26-17)27-20-25-16-5-4-8-23-19(16)32-20/h4-5,8,11-12,15,29H,6-7,9-10,13H2,1-3H3,(H2,24,25,26,27). The fraction of sp³-hybridized carbons (Fsp3) is 0.455. The molecule has 4 rings (SSSR count). The summed E-state index contributed by atoms with van der Waals surface area (Å²) < 4.78 is 5.46. The average molecular weight is 457 g/mol. The van der Waals surface area contributed by atoms with Crippen molar-refractivity contribution in [2.45, 2.75) is 51.9 Å². The van der Waals surface area contributed by atoms with Crippen LogP contribution in [0.2, 0.25) is 0 Å². The van der Waals surface area contributed by atoms with E-state index in [1.807, 2.05) is 39.0 Å². The summed E-state index contributed by atoms with van der Waals surface area (Å²) in [5, 5.41) is 17.1. The van der Waals surface area contributed by atoms with Crippen LogP contribution in [0.25, 0.3) is 10.3 Å². The number of aliphatic hydroxyl groups excluding tert-OH is 1. The predicted molar refractivity (Wildman–Crippen MR) is 125 cm³/mol. The van der Waals surface area contributed by atoms with Gasteiger partial charge in [0.25, 0.3) is 0 Å². The number of aliphatic hydroxyl groups is 1. The van der Waals surface area contributed by atoms with E-state index in [2.05, 4.69) is 25.6 Å². The normalized spacial score (nSPS) is 15.1. The Morgan fingerprint density at radius 2 is 2.00 bits per heavy atom. The second-order valence-corrected chi connectivity index (χ2v) is 9.74. The number of nitrogens with one attached hydrogen (secondary N) is 2. The van der Waals surface area contributed by atoms with Crippen LogP contribution in [0.4, 0.5) is 21.6 Å². The molecular weight excluding hydrogens is 428 g/mol. The Labute approximate surface area is 190 Å². The van der Waals surface area contributed by atoms with Crippen LogP contribution in [0, 0.1) is 0 Å². The van der Waals surface area contributed by atoms with Crippen LogP contribution in [-0.2, 0) is 11.3 Å². The summed E-state index contributed by atoms with van der Waals surface area (Å²) in [7, 11) is 0. The van der Waals surface area contributed by atoms with Gasteiger partial charge in [0.05, 0.1) is 6.61 Å². The van der Waals surface area contributed by atoms with Crippen LogP contribution in [0.5, 0.6) is 0 Å². The van der Waals surface area contributed by atoms with Crippen molar-refractivity contribution >= 4 is 44.5 Å². The molecule has 4 heterocycles. The lowest BCUT2D eigenvalue weighted by molar-refractivity contribution is 0.0210. The first-order valence-corrected chi connectivity index (χ1v) is 11.5. The van der Waals surface area contributed by atoms with E-state index >= 15 is 0 Å². The number of carbonyl (C=O) groups is 1. The Morgan fingerprint density at radius 1 is 1.25 bits per heavy atom. The Kier molecular flexibility index (Phi) is 6.43. The lowest BCUT2D eigenvalue weighted by Crippen LogP contribution is -2.44. The van der Waals surface area contributed by atoms with Crippen LogP contribution in [0.3, 0.4) is 0 Å². The molecule has 170 valence electrons. The third kappa shape index (κ3) is 5.63. The molecule has 1 amide bonds. The molecule has 0 saturated carbocycles. The summed E-state index contributed by atoms with van der Waals surface area (Å²) >= 11 is 1.45. The number of likely N-dealkylation sites (tertiary alicyclic amines) is 1. The molecular formula is C22H28N6O3S. The fourth-order valence-corrected chi connectivity index (χ4v) is 4.31. The molecule has 0 aromatic carbocycles. The third-order valence-electron chi connectivity index (χ3n) is 4.97. The molecule has 0 unspecified atom stereocenters. The molecule has 0 spiro atoms. The van der Waals surface area contributed by atoms with E-state index in [1.54, 1.807) is 17.2 Å². The number of ether oxygens (including phenoxy) is 1. The largest absolute Gasteiger partial charge is 0.444 e. The van der Waals surface area contributed by atoms with E-state index in [1.165, 1.54) is 11.3 Å². The van der Waals surface area contributed by atoms with Gasteiger partial charge in [0.2, 0.25) is 0 Å². The van der Waals surface area contributed by atoms with E-state index in [0.29, 0.717) is 29.9 Å². The fourth-order valence-electron chi connectivity index (χ4n) is 3.49. The van der Waals surface area contributed by atoms with Crippen LogP contribution < -0.4 is 10.6 Å². The zero-order valence-corrected chi connectivity index (χ0v) is 19.3. The summed E-state index contributed by atoms with van der Waals surface area (Å²) in [4.78, 5) is 28.4. The summed E-state index contributed by atoms with van der Waals surface area (Å²) in [5.74, 6) is 1.28. The first-order valence-electron chi connectivity index (χ1n) is 10.6. The maximum atomic E-state index is 12.3. The molecule has 3 aromatic heterocycles. The highest BCUT2D eigenvalue weighted by Crippen LogP contribution is 2.27. The molecule has 1 fully saturated rings. The predicted octanol–water partition coefficient (Wildman–Crippen LogP) is 4.13. The number of amides is 1. The number of aromatic nitrogens is 3. The third-order valence-corrected chi connectivity index (χ3v) is 5.86. The smallest absolute Gasteiger partial charge is 0.410 e. The minimum absolute atomic E-state index is 0.0929. The van der Waals surface area contributed by atoms with Gasteiger partial charge in [0, 0.05) is 25.3 Å². The van der Waals surface area contributed by atoms with Gasteiger partial charge in [-0.1, -0.05) is 11.3 Å². The van der Waals surface area contributed by atoms with Crippen molar-refractivity contribution in [1.82, 2.24) is 19.9 Å². The first-order chi connectivity index (χ1) is 15.3. The van der Waals surface area contributed by atoms with Gasteiger partial charge in [-0.2, -0.15) is 0 Å². The van der Waals surface area contributed by atoms with E-state index in [4.69, 9.17) is 4.74 Å². The molecule has 1 saturated heterocycles. The van der Waals surface area contributed by atoms with Crippen LogP contribution in [0.15, 0.2) is 30.5 Å². The summed E-state index contributed by atoms with van der Waals surface area (Å²) in [6.07, 6.45) is 3.05. The molecule has 10 heteroatoms. The minimum Gasteiger partial charge on any atom is -0.444 e. The second-order valence-electron chi connectivity index (χ2n) is 8.76. The van der Waals surface area contributed by atoms with Crippen LogP contribution in [-0.4, -0.2) is 55.8 Å². The number of rotatable bonds is 5. The van der Waals surface area contributed by atoms with Gasteiger partial charge in [-0.3, -0.25) is 0 Å². The number of hydrogen-bond donors (Lipinski definition) is 3. The number of fused-ring (bicyclic) bond motifs is 1. The van der Waals surface area contributed by atoms with Crippen molar-refractivity contribution in [2.75, 3.05) is 23.7 Å². The molecule has 3 N–H and O–H groups in total. The molecule has 32 heavy (non-hydrogen) atoms. The van der Waals surface area contributed by atoms with Gasteiger partial charge in [-0.25, -0.2) is 19.7 Å². The maximum Gasteiger partial charge on any atom is 0.410 e. The number of pyridine rings is 2. The Bertz CT molecular complexity index is 1060. The summed E-state index contributed by atoms with van der Waals surface area (Å²) in [6.45, 7) is 6.76. The van der Waals surface area contributed by atoms with Gasteiger partial charge in [0.15, 0.2) is 5.13 Å². The Hall–Kier alpha value is -2.98. The van der Waals surface area contributed by atoms with Crippen molar-refractivity contribution in [3.8, 4) is 0 Å². The molecule has 1 aliphatic heterocycles. The van der Waals surface area contributed by atoms with Crippen molar-refractivity contribution in [3.05, 3.63) is 36.0 Å². The molecule has 3 aromatic rings.